The largest absolute Gasteiger partial charge is 0.372 e. The Morgan fingerprint density at radius 2 is 1.75 bits per heavy atom. The Bertz CT molecular complexity index is 774. The van der Waals surface area contributed by atoms with Gasteiger partial charge in [-0.25, -0.2) is 0 Å². The summed E-state index contributed by atoms with van der Waals surface area (Å²) in [6, 6.07) is 13.0. The molecule has 0 unspecified atom stereocenters. The lowest BCUT2D eigenvalue weighted by Crippen LogP contribution is -2.33. The number of carbonyl (C=O) groups is 1. The first-order valence-corrected chi connectivity index (χ1v) is 10.7. The van der Waals surface area contributed by atoms with Crippen molar-refractivity contribution in [1.29, 1.82) is 0 Å². The maximum atomic E-state index is 12.6. The van der Waals surface area contributed by atoms with Crippen molar-refractivity contribution in [3.8, 4) is 0 Å². The summed E-state index contributed by atoms with van der Waals surface area (Å²) in [5.74, 6) is 0.0728. The highest BCUT2D eigenvalue weighted by molar-refractivity contribution is 5.92. The number of nitrogens with one attached hydrogen (secondary N) is 1. The van der Waals surface area contributed by atoms with Crippen LogP contribution in [0.4, 0.5) is 11.4 Å². The summed E-state index contributed by atoms with van der Waals surface area (Å²) >= 11 is 0. The molecule has 0 spiro atoms. The van der Waals surface area contributed by atoms with Crippen molar-refractivity contribution in [1.82, 2.24) is 9.47 Å². The fraction of sp³-hybridized carbons (Fsp3) is 0.522. The predicted octanol–water partition coefficient (Wildman–Crippen LogP) is 4.18. The van der Waals surface area contributed by atoms with Crippen LogP contribution in [0.5, 0.6) is 0 Å². The number of likely N-dealkylation sites (tertiary alicyclic amines) is 1. The first kappa shape index (κ1) is 19.1. The lowest BCUT2D eigenvalue weighted by atomic mass is 10.1. The molecule has 28 heavy (non-hydrogen) atoms. The van der Waals surface area contributed by atoms with Crippen molar-refractivity contribution in [2.24, 2.45) is 7.05 Å². The van der Waals surface area contributed by atoms with Crippen LogP contribution in [0.3, 0.4) is 0 Å². The van der Waals surface area contributed by atoms with E-state index in [0.29, 0.717) is 12.6 Å². The Morgan fingerprint density at radius 1 is 1.00 bits per heavy atom. The van der Waals surface area contributed by atoms with Gasteiger partial charge in [-0.2, -0.15) is 0 Å². The minimum atomic E-state index is 0.0728. The van der Waals surface area contributed by atoms with E-state index in [2.05, 4.69) is 57.2 Å². The summed E-state index contributed by atoms with van der Waals surface area (Å²) in [4.78, 5) is 17.4. The van der Waals surface area contributed by atoms with Gasteiger partial charge in [-0.3, -0.25) is 9.69 Å². The number of carbonyl (C=O) groups excluding carboxylic acids is 1. The van der Waals surface area contributed by atoms with Crippen molar-refractivity contribution >= 4 is 17.3 Å². The number of benzene rings is 1. The zero-order valence-electron chi connectivity index (χ0n) is 16.9. The summed E-state index contributed by atoms with van der Waals surface area (Å²) < 4.78 is 2.17. The van der Waals surface area contributed by atoms with Crippen LogP contribution in [-0.2, 0) is 11.8 Å². The standard InChI is InChI=1S/C23H32N4O/c1-25-14-6-8-21(25)22-9-7-17-27(22)18-23(28)24-19-10-12-20(13-11-19)26-15-4-2-3-5-16-26/h6,8,10-14,22H,2-5,7,9,15-18H2,1H3,(H,24,28)/t22-/m0/s1. The normalized spacial score (nSPS) is 20.9. The molecule has 0 radical (unpaired) electrons. The second-order valence-electron chi connectivity index (χ2n) is 8.17. The van der Waals surface area contributed by atoms with Gasteiger partial charge in [-0.05, 0) is 68.6 Å². The van der Waals surface area contributed by atoms with Crippen LogP contribution in [0.2, 0.25) is 0 Å². The summed E-state index contributed by atoms with van der Waals surface area (Å²) in [6.07, 6.45) is 9.57. The number of aromatic nitrogens is 1. The lowest BCUT2D eigenvalue weighted by molar-refractivity contribution is -0.117. The van der Waals surface area contributed by atoms with E-state index in [4.69, 9.17) is 0 Å². The second-order valence-corrected chi connectivity index (χ2v) is 8.17. The van der Waals surface area contributed by atoms with E-state index in [-0.39, 0.29) is 5.91 Å². The quantitative estimate of drug-likeness (QED) is 0.846. The SMILES string of the molecule is Cn1cccc1[C@@H]1CCCN1CC(=O)Nc1ccc(N2CCCCCC2)cc1. The Morgan fingerprint density at radius 3 is 2.43 bits per heavy atom. The van der Waals surface area contributed by atoms with Crippen LogP contribution in [0.25, 0.3) is 0 Å². The molecule has 5 heteroatoms. The van der Waals surface area contributed by atoms with Crippen LogP contribution in [-0.4, -0.2) is 41.6 Å². The Balaban J connectivity index is 1.34. The van der Waals surface area contributed by atoms with Gasteiger partial charge in [0.25, 0.3) is 0 Å². The van der Waals surface area contributed by atoms with Gasteiger partial charge in [0.15, 0.2) is 0 Å². The molecule has 1 aromatic heterocycles. The topological polar surface area (TPSA) is 40.5 Å². The van der Waals surface area contributed by atoms with E-state index in [1.807, 2.05) is 12.1 Å². The van der Waals surface area contributed by atoms with Gasteiger partial charge in [-0.1, -0.05) is 12.8 Å². The van der Waals surface area contributed by atoms with Gasteiger partial charge in [0.1, 0.15) is 0 Å². The molecule has 2 aliphatic rings. The van der Waals surface area contributed by atoms with Gasteiger partial charge in [0.2, 0.25) is 5.91 Å². The zero-order chi connectivity index (χ0) is 19.3. The summed E-state index contributed by atoms with van der Waals surface area (Å²) in [5, 5.41) is 3.09. The van der Waals surface area contributed by atoms with E-state index >= 15 is 0 Å². The molecule has 1 N–H and O–H groups in total. The molecular formula is C23H32N4O. The van der Waals surface area contributed by atoms with Crippen molar-refractivity contribution in [3.05, 3.63) is 48.3 Å². The molecule has 5 nitrogen and oxygen atoms in total. The first-order chi connectivity index (χ1) is 13.7. The minimum Gasteiger partial charge on any atom is -0.372 e. The average Bonchev–Trinajstić information content (AvgIpc) is 3.22. The molecule has 1 atom stereocenters. The molecule has 150 valence electrons. The van der Waals surface area contributed by atoms with Gasteiger partial charge in [0.05, 0.1) is 12.6 Å². The van der Waals surface area contributed by atoms with Crippen LogP contribution in [0.15, 0.2) is 42.6 Å². The molecule has 1 aromatic carbocycles. The van der Waals surface area contributed by atoms with Gasteiger partial charge in [-0.15, -0.1) is 0 Å². The molecule has 0 saturated carbocycles. The van der Waals surface area contributed by atoms with Crippen LogP contribution in [0.1, 0.15) is 50.3 Å². The number of nitrogens with zero attached hydrogens (tertiary/aromatic N) is 3. The Kier molecular flexibility index (Phi) is 6.01. The third-order valence-corrected chi connectivity index (χ3v) is 6.16. The third-order valence-electron chi connectivity index (χ3n) is 6.16. The molecule has 2 aromatic rings. The molecule has 4 rings (SSSR count). The molecule has 2 aliphatic heterocycles. The van der Waals surface area contributed by atoms with Crippen molar-refractivity contribution < 1.29 is 4.79 Å². The molecule has 0 aliphatic carbocycles. The summed E-state index contributed by atoms with van der Waals surface area (Å²) in [7, 11) is 2.08. The fourth-order valence-electron chi connectivity index (χ4n) is 4.64. The van der Waals surface area contributed by atoms with E-state index in [9.17, 15) is 4.79 Å². The first-order valence-electron chi connectivity index (χ1n) is 10.7. The molecular weight excluding hydrogens is 348 g/mol. The van der Waals surface area contributed by atoms with Crippen molar-refractivity contribution in [2.45, 2.75) is 44.6 Å². The molecule has 2 fully saturated rings. The highest BCUT2D eigenvalue weighted by Gasteiger charge is 2.28. The third kappa shape index (κ3) is 4.41. The van der Waals surface area contributed by atoms with Gasteiger partial charge >= 0.3 is 0 Å². The van der Waals surface area contributed by atoms with Crippen LogP contribution < -0.4 is 10.2 Å². The molecule has 3 heterocycles. The molecule has 0 bridgehead atoms. The van der Waals surface area contributed by atoms with E-state index in [1.54, 1.807) is 0 Å². The van der Waals surface area contributed by atoms with Crippen LogP contribution >= 0.6 is 0 Å². The maximum absolute atomic E-state index is 12.6. The molecule has 1 amide bonds. The van der Waals surface area contributed by atoms with Crippen molar-refractivity contribution in [2.75, 3.05) is 36.4 Å². The maximum Gasteiger partial charge on any atom is 0.238 e. The number of anilines is 2. The Labute approximate surface area is 168 Å². The number of rotatable bonds is 5. The summed E-state index contributed by atoms with van der Waals surface area (Å²) in [5.41, 5.74) is 3.45. The minimum absolute atomic E-state index is 0.0728. The average molecular weight is 381 g/mol. The summed E-state index contributed by atoms with van der Waals surface area (Å²) in [6.45, 7) is 3.71. The number of hydrogen-bond acceptors (Lipinski definition) is 3. The molecule has 2 saturated heterocycles. The van der Waals surface area contributed by atoms with Crippen molar-refractivity contribution in [3.63, 3.8) is 0 Å². The second kappa shape index (κ2) is 8.82. The predicted molar refractivity (Wildman–Crippen MR) is 115 cm³/mol. The van der Waals surface area contributed by atoms with E-state index in [1.165, 1.54) is 37.1 Å². The van der Waals surface area contributed by atoms with Gasteiger partial charge < -0.3 is 14.8 Å². The van der Waals surface area contributed by atoms with E-state index in [0.717, 1.165) is 38.2 Å². The number of amides is 1. The Hall–Kier alpha value is -2.27. The zero-order valence-corrected chi connectivity index (χ0v) is 16.9. The number of hydrogen-bond donors (Lipinski definition) is 1. The number of aryl methyl sites for hydroxylation is 1. The fourth-order valence-corrected chi connectivity index (χ4v) is 4.64. The lowest BCUT2D eigenvalue weighted by Gasteiger charge is -2.25. The highest BCUT2D eigenvalue weighted by atomic mass is 16.2. The van der Waals surface area contributed by atoms with Gasteiger partial charge in [0, 0.05) is 43.4 Å². The smallest absolute Gasteiger partial charge is 0.238 e. The van der Waals surface area contributed by atoms with Crippen LogP contribution in [0, 0.1) is 0 Å². The monoisotopic (exact) mass is 380 g/mol. The highest BCUT2D eigenvalue weighted by Crippen LogP contribution is 2.31. The van der Waals surface area contributed by atoms with E-state index < -0.39 is 0 Å².